The van der Waals surface area contributed by atoms with Gasteiger partial charge >= 0.3 is 0 Å². The molecule has 1 amide bonds. The zero-order chi connectivity index (χ0) is 14.8. The maximum atomic E-state index is 12.1. The summed E-state index contributed by atoms with van der Waals surface area (Å²) in [6, 6.07) is 2.65. The molecule has 1 N–H and O–H groups in total. The van der Waals surface area contributed by atoms with E-state index in [-0.39, 0.29) is 5.91 Å². The zero-order valence-corrected chi connectivity index (χ0v) is 13.1. The Hall–Kier alpha value is -1.36. The van der Waals surface area contributed by atoms with Crippen molar-refractivity contribution in [3.63, 3.8) is 0 Å². The molecule has 2 heterocycles. The van der Waals surface area contributed by atoms with Gasteiger partial charge < -0.3 is 10.2 Å². The second kappa shape index (κ2) is 6.18. The molecular weight excluding hydrogens is 264 g/mol. The van der Waals surface area contributed by atoms with Crippen LogP contribution in [0.1, 0.15) is 48.3 Å². The van der Waals surface area contributed by atoms with Gasteiger partial charge in [0, 0.05) is 31.9 Å². The van der Waals surface area contributed by atoms with Gasteiger partial charge in [-0.05, 0) is 44.7 Å². The third-order valence-corrected chi connectivity index (χ3v) is 5.06. The highest BCUT2D eigenvalue weighted by molar-refractivity contribution is 5.92. The first-order valence-electron chi connectivity index (χ1n) is 8.16. The normalized spacial score (nSPS) is 23.8. The van der Waals surface area contributed by atoms with E-state index in [2.05, 4.69) is 15.3 Å². The van der Waals surface area contributed by atoms with Crippen LogP contribution in [0, 0.1) is 12.8 Å². The lowest BCUT2D eigenvalue weighted by atomic mass is 10.1. The molecule has 0 unspecified atom stereocenters. The highest BCUT2D eigenvalue weighted by Crippen LogP contribution is 2.28. The first-order chi connectivity index (χ1) is 10.1. The molecule has 2 fully saturated rings. The lowest BCUT2D eigenvalue weighted by Crippen LogP contribution is -2.34. The van der Waals surface area contributed by atoms with Crippen molar-refractivity contribution in [2.45, 2.75) is 45.1 Å². The number of nitrogens with one attached hydrogen (secondary N) is 1. The highest BCUT2D eigenvalue weighted by atomic mass is 16.1. The van der Waals surface area contributed by atoms with Crippen LogP contribution in [-0.2, 0) is 7.05 Å². The second-order valence-corrected chi connectivity index (χ2v) is 6.59. The Labute approximate surface area is 126 Å². The first-order valence-corrected chi connectivity index (χ1v) is 8.16. The zero-order valence-electron chi connectivity index (χ0n) is 13.1. The molecule has 1 saturated heterocycles. The van der Waals surface area contributed by atoms with Crippen molar-refractivity contribution in [3.8, 4) is 0 Å². The van der Waals surface area contributed by atoms with Gasteiger partial charge in [-0.1, -0.05) is 12.8 Å². The number of hydrogen-bond donors (Lipinski definition) is 1. The number of carbonyl (C=O) groups excluding carboxylic acids is 1. The molecule has 0 bridgehead atoms. The van der Waals surface area contributed by atoms with Gasteiger partial charge in [-0.25, -0.2) is 0 Å². The van der Waals surface area contributed by atoms with E-state index >= 15 is 0 Å². The third-order valence-electron chi connectivity index (χ3n) is 5.06. The largest absolute Gasteiger partial charge is 0.350 e. The third kappa shape index (κ3) is 3.28. The van der Waals surface area contributed by atoms with Crippen LogP contribution in [0.25, 0.3) is 0 Å². The van der Waals surface area contributed by atoms with E-state index in [1.165, 1.54) is 38.6 Å². The Morgan fingerprint density at radius 2 is 2.14 bits per heavy atom. The molecule has 1 aliphatic heterocycles. The maximum Gasteiger partial charge on any atom is 0.271 e. The molecule has 0 radical (unpaired) electrons. The molecule has 1 aliphatic carbocycles. The van der Waals surface area contributed by atoms with Gasteiger partial charge in [0.1, 0.15) is 5.69 Å². The lowest BCUT2D eigenvalue weighted by Gasteiger charge is -2.23. The number of aromatic nitrogens is 2. The van der Waals surface area contributed by atoms with E-state index in [4.69, 9.17) is 0 Å². The number of aryl methyl sites for hydroxylation is 2. The standard InChI is InChI=1S/C16H26N4O/c1-12-9-15(18-19(12)2)16(21)17-10-13-7-8-20(11-13)14-5-3-4-6-14/h9,13-14H,3-8,10-11H2,1-2H3,(H,17,21)/t13-/m0/s1. The van der Waals surface area contributed by atoms with Gasteiger partial charge in [-0.3, -0.25) is 9.48 Å². The van der Waals surface area contributed by atoms with Gasteiger partial charge in [0.15, 0.2) is 0 Å². The fourth-order valence-electron chi connectivity index (χ4n) is 3.63. The molecule has 2 aliphatic rings. The van der Waals surface area contributed by atoms with Gasteiger partial charge in [-0.15, -0.1) is 0 Å². The smallest absolute Gasteiger partial charge is 0.271 e. The predicted molar refractivity (Wildman–Crippen MR) is 82.2 cm³/mol. The van der Waals surface area contributed by atoms with Crippen LogP contribution in [0.4, 0.5) is 0 Å². The minimum absolute atomic E-state index is 0.0435. The molecule has 1 atom stereocenters. The van der Waals surface area contributed by atoms with E-state index in [1.807, 2.05) is 20.0 Å². The molecule has 116 valence electrons. The quantitative estimate of drug-likeness (QED) is 0.918. The van der Waals surface area contributed by atoms with Crippen LogP contribution < -0.4 is 5.32 Å². The van der Waals surface area contributed by atoms with Crippen molar-refractivity contribution in [2.24, 2.45) is 13.0 Å². The minimum atomic E-state index is -0.0435. The number of likely N-dealkylation sites (tertiary alicyclic amines) is 1. The Bertz CT molecular complexity index is 485. The molecule has 5 heteroatoms. The van der Waals surface area contributed by atoms with Crippen molar-refractivity contribution in [3.05, 3.63) is 17.5 Å². The minimum Gasteiger partial charge on any atom is -0.350 e. The van der Waals surface area contributed by atoms with E-state index < -0.39 is 0 Å². The number of amides is 1. The summed E-state index contributed by atoms with van der Waals surface area (Å²) in [6.45, 7) is 5.08. The van der Waals surface area contributed by atoms with Crippen molar-refractivity contribution >= 4 is 5.91 Å². The van der Waals surface area contributed by atoms with Crippen molar-refractivity contribution in [1.29, 1.82) is 0 Å². The van der Waals surface area contributed by atoms with Crippen molar-refractivity contribution in [1.82, 2.24) is 20.0 Å². The topological polar surface area (TPSA) is 50.2 Å². The van der Waals surface area contributed by atoms with Crippen LogP contribution in [0.2, 0.25) is 0 Å². The Morgan fingerprint density at radius 1 is 1.38 bits per heavy atom. The molecule has 3 rings (SSSR count). The van der Waals surface area contributed by atoms with Crippen molar-refractivity contribution in [2.75, 3.05) is 19.6 Å². The summed E-state index contributed by atoms with van der Waals surface area (Å²) in [4.78, 5) is 14.7. The summed E-state index contributed by atoms with van der Waals surface area (Å²) in [5.74, 6) is 0.553. The van der Waals surface area contributed by atoms with Crippen LogP contribution in [0.5, 0.6) is 0 Å². The van der Waals surface area contributed by atoms with E-state index in [0.717, 1.165) is 24.8 Å². The predicted octanol–water partition coefficient (Wildman–Crippen LogP) is 1.72. The molecule has 1 aromatic heterocycles. The van der Waals surface area contributed by atoms with E-state index in [1.54, 1.807) is 4.68 Å². The Kier molecular flexibility index (Phi) is 4.29. The SMILES string of the molecule is Cc1cc(C(=O)NC[C@@H]2CCN(C3CCCC3)C2)nn1C. The summed E-state index contributed by atoms with van der Waals surface area (Å²) in [6.07, 6.45) is 6.72. The summed E-state index contributed by atoms with van der Waals surface area (Å²) in [5, 5.41) is 7.28. The average molecular weight is 290 g/mol. The summed E-state index contributed by atoms with van der Waals surface area (Å²) >= 11 is 0. The molecule has 21 heavy (non-hydrogen) atoms. The van der Waals surface area contributed by atoms with Gasteiger partial charge in [-0.2, -0.15) is 5.10 Å². The monoisotopic (exact) mass is 290 g/mol. The fourth-order valence-corrected chi connectivity index (χ4v) is 3.63. The van der Waals surface area contributed by atoms with Crippen LogP contribution >= 0.6 is 0 Å². The molecule has 0 aromatic carbocycles. The molecule has 1 aromatic rings. The van der Waals surface area contributed by atoms with E-state index in [0.29, 0.717) is 11.6 Å². The number of nitrogens with zero attached hydrogens (tertiary/aromatic N) is 3. The summed E-state index contributed by atoms with van der Waals surface area (Å²) in [5.41, 5.74) is 1.54. The maximum absolute atomic E-state index is 12.1. The molecule has 0 spiro atoms. The molecule has 5 nitrogen and oxygen atoms in total. The lowest BCUT2D eigenvalue weighted by molar-refractivity contribution is 0.0941. The van der Waals surface area contributed by atoms with Crippen molar-refractivity contribution < 1.29 is 4.79 Å². The first kappa shape index (κ1) is 14.6. The number of hydrogen-bond acceptors (Lipinski definition) is 3. The Morgan fingerprint density at radius 3 is 2.81 bits per heavy atom. The second-order valence-electron chi connectivity index (χ2n) is 6.59. The van der Waals surface area contributed by atoms with Crippen LogP contribution in [0.15, 0.2) is 6.07 Å². The van der Waals surface area contributed by atoms with Crippen LogP contribution in [0.3, 0.4) is 0 Å². The fraction of sp³-hybridized carbons (Fsp3) is 0.750. The summed E-state index contributed by atoms with van der Waals surface area (Å²) in [7, 11) is 1.86. The van der Waals surface area contributed by atoms with Gasteiger partial charge in [0.25, 0.3) is 5.91 Å². The van der Waals surface area contributed by atoms with Gasteiger partial charge in [0.2, 0.25) is 0 Å². The summed E-state index contributed by atoms with van der Waals surface area (Å²) < 4.78 is 1.74. The van der Waals surface area contributed by atoms with E-state index in [9.17, 15) is 4.79 Å². The average Bonchev–Trinajstić information content (AvgIpc) is 3.17. The van der Waals surface area contributed by atoms with Crippen LogP contribution in [-0.4, -0.2) is 46.3 Å². The molecule has 1 saturated carbocycles. The van der Waals surface area contributed by atoms with Gasteiger partial charge in [0.05, 0.1) is 0 Å². The number of carbonyl (C=O) groups is 1. The molecular formula is C16H26N4O. The Balaban J connectivity index is 1.46. The number of rotatable bonds is 4. The highest BCUT2D eigenvalue weighted by Gasteiger charge is 2.30.